The number of likely N-dealkylation sites (N-methyl/N-ethyl adjacent to an activating group) is 2. The number of hydrogen-bond donors (Lipinski definition) is 1. The maximum atomic E-state index is 12.0. The molecule has 17 heavy (non-hydrogen) atoms. The van der Waals surface area contributed by atoms with E-state index in [1.165, 1.54) is 13.5 Å². The normalized spacial score (nSPS) is 19.9. The SMILES string of the molecule is COC(CN)C(=O)N(C)CC1(N(C)C)CCC1. The molecule has 5 nitrogen and oxygen atoms in total. The monoisotopic (exact) mass is 243 g/mol. The Kier molecular flexibility index (Phi) is 4.91. The van der Waals surface area contributed by atoms with Crippen molar-refractivity contribution >= 4 is 5.91 Å². The minimum Gasteiger partial charge on any atom is -0.370 e. The van der Waals surface area contributed by atoms with Crippen LogP contribution in [0.25, 0.3) is 0 Å². The van der Waals surface area contributed by atoms with E-state index >= 15 is 0 Å². The minimum absolute atomic E-state index is 0.0249. The molecule has 2 N–H and O–H groups in total. The molecule has 100 valence electrons. The molecule has 1 atom stereocenters. The van der Waals surface area contributed by atoms with Gasteiger partial charge in [0.2, 0.25) is 0 Å². The van der Waals surface area contributed by atoms with Gasteiger partial charge in [-0.1, -0.05) is 0 Å². The van der Waals surface area contributed by atoms with Gasteiger partial charge in [-0.15, -0.1) is 0 Å². The van der Waals surface area contributed by atoms with Crippen molar-refractivity contribution in [2.45, 2.75) is 30.9 Å². The molecule has 0 radical (unpaired) electrons. The number of carbonyl (C=O) groups excluding carboxylic acids is 1. The zero-order chi connectivity index (χ0) is 13.1. The van der Waals surface area contributed by atoms with Gasteiger partial charge in [0.25, 0.3) is 5.91 Å². The summed E-state index contributed by atoms with van der Waals surface area (Å²) in [4.78, 5) is 16.0. The third-order valence-electron chi connectivity index (χ3n) is 3.91. The molecular weight excluding hydrogens is 218 g/mol. The summed E-state index contributed by atoms with van der Waals surface area (Å²) in [6.07, 6.45) is 3.03. The molecule has 0 aromatic rings. The summed E-state index contributed by atoms with van der Waals surface area (Å²) in [5.74, 6) is -0.0249. The molecule has 1 unspecified atom stereocenters. The molecule has 1 aliphatic carbocycles. The van der Waals surface area contributed by atoms with E-state index in [2.05, 4.69) is 19.0 Å². The zero-order valence-electron chi connectivity index (χ0n) is 11.4. The standard InChI is InChI=1S/C12H25N3O2/c1-14(2)12(6-5-7-12)9-15(3)11(16)10(8-13)17-4/h10H,5-9,13H2,1-4H3. The molecule has 0 bridgehead atoms. The number of ether oxygens (including phenoxy) is 1. The van der Waals surface area contributed by atoms with Crippen LogP contribution in [0.1, 0.15) is 19.3 Å². The van der Waals surface area contributed by atoms with Gasteiger partial charge in [0, 0.05) is 32.8 Å². The summed E-state index contributed by atoms with van der Waals surface area (Å²) < 4.78 is 5.08. The largest absolute Gasteiger partial charge is 0.370 e. The van der Waals surface area contributed by atoms with E-state index in [0.717, 1.165) is 19.4 Å². The van der Waals surface area contributed by atoms with E-state index in [0.29, 0.717) is 0 Å². The number of carbonyl (C=O) groups is 1. The second kappa shape index (κ2) is 5.80. The van der Waals surface area contributed by atoms with Gasteiger partial charge in [-0.2, -0.15) is 0 Å². The van der Waals surface area contributed by atoms with Crippen molar-refractivity contribution in [1.29, 1.82) is 0 Å². The highest BCUT2D eigenvalue weighted by atomic mass is 16.5. The van der Waals surface area contributed by atoms with Crippen molar-refractivity contribution < 1.29 is 9.53 Å². The predicted octanol–water partition coefficient (Wildman–Crippen LogP) is -0.0972. The molecule has 0 heterocycles. The van der Waals surface area contributed by atoms with Crippen LogP contribution in [0.15, 0.2) is 0 Å². The van der Waals surface area contributed by atoms with Gasteiger partial charge in [-0.25, -0.2) is 0 Å². The number of methoxy groups -OCH3 is 1. The smallest absolute Gasteiger partial charge is 0.252 e. The molecule has 5 heteroatoms. The number of amides is 1. The van der Waals surface area contributed by atoms with E-state index in [1.54, 1.807) is 4.90 Å². The number of nitrogens with zero attached hydrogens (tertiary/aromatic N) is 2. The third-order valence-corrected chi connectivity index (χ3v) is 3.91. The van der Waals surface area contributed by atoms with Crippen LogP contribution in [0.2, 0.25) is 0 Å². The van der Waals surface area contributed by atoms with Crippen molar-refractivity contribution in [1.82, 2.24) is 9.80 Å². The molecule has 1 amide bonds. The summed E-state index contributed by atoms with van der Waals surface area (Å²) in [6, 6.07) is 0. The van der Waals surface area contributed by atoms with E-state index in [9.17, 15) is 4.79 Å². The lowest BCUT2D eigenvalue weighted by Gasteiger charge is -2.49. The average molecular weight is 243 g/mol. The van der Waals surface area contributed by atoms with Gasteiger partial charge in [0.1, 0.15) is 6.10 Å². The Morgan fingerprint density at radius 1 is 1.41 bits per heavy atom. The van der Waals surface area contributed by atoms with Gasteiger partial charge >= 0.3 is 0 Å². The summed E-state index contributed by atoms with van der Waals surface area (Å²) >= 11 is 0. The number of rotatable bonds is 6. The first-order valence-electron chi connectivity index (χ1n) is 6.12. The Hall–Kier alpha value is -0.650. The van der Waals surface area contributed by atoms with Crippen molar-refractivity contribution in [3.63, 3.8) is 0 Å². The molecule has 1 fully saturated rings. The second-order valence-corrected chi connectivity index (χ2v) is 5.13. The summed E-state index contributed by atoms with van der Waals surface area (Å²) in [5, 5.41) is 0. The van der Waals surface area contributed by atoms with Crippen LogP contribution in [0.5, 0.6) is 0 Å². The quantitative estimate of drug-likeness (QED) is 0.708. The molecule has 0 aromatic heterocycles. The fourth-order valence-corrected chi connectivity index (χ4v) is 2.39. The highest BCUT2D eigenvalue weighted by molar-refractivity contribution is 5.81. The zero-order valence-corrected chi connectivity index (χ0v) is 11.4. The Bertz CT molecular complexity index is 260. The Morgan fingerprint density at radius 3 is 2.29 bits per heavy atom. The Labute approximate surface area is 104 Å². The topological polar surface area (TPSA) is 58.8 Å². The van der Waals surface area contributed by atoms with Gasteiger partial charge in [-0.3, -0.25) is 4.79 Å². The van der Waals surface area contributed by atoms with Crippen LogP contribution in [-0.4, -0.2) is 68.7 Å². The lowest BCUT2D eigenvalue weighted by Crippen LogP contribution is -2.58. The van der Waals surface area contributed by atoms with Crippen LogP contribution < -0.4 is 5.73 Å². The molecule has 0 aliphatic heterocycles. The average Bonchev–Trinajstić information content (AvgIpc) is 2.24. The first-order valence-corrected chi connectivity index (χ1v) is 6.12. The highest BCUT2D eigenvalue weighted by Crippen LogP contribution is 2.36. The lowest BCUT2D eigenvalue weighted by molar-refractivity contribution is -0.142. The maximum Gasteiger partial charge on any atom is 0.252 e. The summed E-state index contributed by atoms with van der Waals surface area (Å²) in [5.41, 5.74) is 5.66. The third kappa shape index (κ3) is 2.97. The van der Waals surface area contributed by atoms with Crippen molar-refractivity contribution in [2.24, 2.45) is 5.73 Å². The molecule has 0 saturated heterocycles. The highest BCUT2D eigenvalue weighted by Gasteiger charge is 2.41. The fourth-order valence-electron chi connectivity index (χ4n) is 2.39. The Morgan fingerprint density at radius 2 is 2.00 bits per heavy atom. The van der Waals surface area contributed by atoms with E-state index < -0.39 is 6.10 Å². The molecular formula is C12H25N3O2. The van der Waals surface area contributed by atoms with Crippen molar-refractivity contribution in [2.75, 3.05) is 41.3 Å². The molecule has 1 aliphatic rings. The molecule has 1 rings (SSSR count). The molecule has 0 aromatic carbocycles. The predicted molar refractivity (Wildman–Crippen MR) is 67.8 cm³/mol. The lowest BCUT2D eigenvalue weighted by atomic mass is 9.75. The van der Waals surface area contributed by atoms with Gasteiger partial charge in [-0.05, 0) is 33.4 Å². The number of nitrogens with two attached hydrogens (primary N) is 1. The summed E-state index contributed by atoms with van der Waals surface area (Å²) in [6.45, 7) is 0.979. The van der Waals surface area contributed by atoms with E-state index in [1.807, 2.05) is 7.05 Å². The van der Waals surface area contributed by atoms with E-state index in [4.69, 9.17) is 10.5 Å². The minimum atomic E-state index is -0.515. The van der Waals surface area contributed by atoms with Crippen LogP contribution in [0.4, 0.5) is 0 Å². The molecule has 0 spiro atoms. The van der Waals surface area contributed by atoms with Crippen LogP contribution in [0, 0.1) is 0 Å². The molecule has 1 saturated carbocycles. The van der Waals surface area contributed by atoms with Crippen LogP contribution in [-0.2, 0) is 9.53 Å². The van der Waals surface area contributed by atoms with Gasteiger partial charge < -0.3 is 20.3 Å². The van der Waals surface area contributed by atoms with Crippen LogP contribution >= 0.6 is 0 Å². The van der Waals surface area contributed by atoms with Crippen molar-refractivity contribution in [3.05, 3.63) is 0 Å². The summed E-state index contributed by atoms with van der Waals surface area (Å²) in [7, 11) is 7.50. The van der Waals surface area contributed by atoms with E-state index in [-0.39, 0.29) is 18.0 Å². The van der Waals surface area contributed by atoms with Gasteiger partial charge in [0.15, 0.2) is 0 Å². The first kappa shape index (κ1) is 14.4. The fraction of sp³-hybridized carbons (Fsp3) is 0.917. The van der Waals surface area contributed by atoms with Gasteiger partial charge in [0.05, 0.1) is 0 Å². The first-order chi connectivity index (χ1) is 7.96. The van der Waals surface area contributed by atoms with Crippen LogP contribution in [0.3, 0.4) is 0 Å². The number of hydrogen-bond acceptors (Lipinski definition) is 4. The van der Waals surface area contributed by atoms with Crippen molar-refractivity contribution in [3.8, 4) is 0 Å². The Balaban J connectivity index is 2.58. The maximum absolute atomic E-state index is 12.0. The second-order valence-electron chi connectivity index (χ2n) is 5.13.